The second kappa shape index (κ2) is 8.29. The maximum absolute atomic E-state index is 13.4. The summed E-state index contributed by atoms with van der Waals surface area (Å²) in [7, 11) is 0. The Balaban J connectivity index is 2.42. The van der Waals surface area contributed by atoms with Crippen LogP contribution in [0.15, 0.2) is 35.2 Å². The molecule has 0 aromatic heterocycles. The van der Waals surface area contributed by atoms with Gasteiger partial charge in [-0.15, -0.1) is 4.48 Å². The molecule has 1 aliphatic rings. The number of rotatable bonds is 3. The van der Waals surface area contributed by atoms with Gasteiger partial charge in [0, 0.05) is 42.1 Å². The number of amidine groups is 1. The number of carboxylic acids is 1. The first-order valence-corrected chi connectivity index (χ1v) is 10.5. The van der Waals surface area contributed by atoms with Crippen molar-refractivity contribution in [2.45, 2.75) is 0 Å². The van der Waals surface area contributed by atoms with Gasteiger partial charge in [-0.2, -0.15) is 0 Å². The van der Waals surface area contributed by atoms with Gasteiger partial charge >= 0.3 is 11.9 Å². The van der Waals surface area contributed by atoms with Crippen molar-refractivity contribution < 1.29 is 14.7 Å². The van der Waals surface area contributed by atoms with E-state index in [1.165, 1.54) is 24.3 Å². The van der Waals surface area contributed by atoms with Gasteiger partial charge in [0.25, 0.3) is 5.17 Å². The van der Waals surface area contributed by atoms with E-state index in [1.54, 1.807) is 0 Å². The van der Waals surface area contributed by atoms with Gasteiger partial charge in [-0.25, -0.2) is 15.0 Å². The number of thioether (sulfide) groups is 1. The lowest BCUT2D eigenvalue weighted by Crippen LogP contribution is -2.48. The Morgan fingerprint density at radius 1 is 0.897 bits per heavy atom. The summed E-state index contributed by atoms with van der Waals surface area (Å²) in [4.78, 5) is 24.4. The number of carbonyl (C=O) groups excluding carboxylic acids is 1. The fourth-order valence-electron chi connectivity index (χ4n) is 2.77. The van der Waals surface area contributed by atoms with Crippen LogP contribution in [0.3, 0.4) is 0 Å². The summed E-state index contributed by atoms with van der Waals surface area (Å²) in [6.07, 6.45) is 0.722. The highest BCUT2D eigenvalue weighted by molar-refractivity contribution is 8.18. The van der Waals surface area contributed by atoms with E-state index < -0.39 is 16.4 Å². The van der Waals surface area contributed by atoms with Crippen LogP contribution in [-0.2, 0) is 9.59 Å². The number of aliphatic carboxylic acids is 1. The van der Waals surface area contributed by atoms with Gasteiger partial charge in [-0.3, -0.25) is 0 Å². The van der Waals surface area contributed by atoms with Crippen LogP contribution in [0.5, 0.6) is 0 Å². The maximum atomic E-state index is 13.4. The predicted molar refractivity (Wildman–Crippen MR) is 120 cm³/mol. The molecule has 1 fully saturated rings. The highest BCUT2D eigenvalue weighted by Crippen LogP contribution is 2.51. The summed E-state index contributed by atoms with van der Waals surface area (Å²) in [6, 6.07) is 5.46. The van der Waals surface area contributed by atoms with Gasteiger partial charge in [0.05, 0.1) is 30.1 Å². The first-order valence-electron chi connectivity index (χ1n) is 7.46. The molecule has 2 aromatic carbocycles. The minimum absolute atomic E-state index is 0.0408. The molecule has 29 heavy (non-hydrogen) atoms. The van der Waals surface area contributed by atoms with E-state index in [9.17, 15) is 9.59 Å². The van der Waals surface area contributed by atoms with E-state index in [4.69, 9.17) is 80.1 Å². The predicted octanol–water partition coefficient (Wildman–Crippen LogP) is 7.42. The molecular formula is C17H7Cl6N2O3S+. The lowest BCUT2D eigenvalue weighted by Gasteiger charge is -2.29. The van der Waals surface area contributed by atoms with E-state index in [0.29, 0.717) is 11.8 Å². The lowest BCUT2D eigenvalue weighted by atomic mass is 10.1. The second-order valence-electron chi connectivity index (χ2n) is 5.68. The zero-order chi connectivity index (χ0) is 21.7. The van der Waals surface area contributed by atoms with Gasteiger partial charge in [0.15, 0.2) is 11.4 Å². The van der Waals surface area contributed by atoms with Gasteiger partial charge in [0.1, 0.15) is 4.91 Å². The standard InChI is InChI=1S/C17H6Cl6N2O3S/c18-8-1-6(2-9(19)14(8)22)25(7-3-10(20)15(23)11(21)4-7)16(28)12(5-13(26)27)29-17(25)24/h1-5,24H/p+1. The molecule has 1 saturated heterocycles. The normalized spacial score (nSPS) is 17.2. The van der Waals surface area contributed by atoms with E-state index in [-0.39, 0.29) is 51.6 Å². The maximum Gasteiger partial charge on any atom is 0.370 e. The van der Waals surface area contributed by atoms with Crippen LogP contribution in [0.1, 0.15) is 0 Å². The van der Waals surface area contributed by atoms with Crippen molar-refractivity contribution in [3.05, 3.63) is 65.4 Å². The molecule has 0 saturated carbocycles. The summed E-state index contributed by atoms with van der Waals surface area (Å²) in [6.45, 7) is 0. The second-order valence-corrected chi connectivity index (χ2v) is 9.09. The van der Waals surface area contributed by atoms with Crippen molar-refractivity contribution in [2.75, 3.05) is 0 Å². The van der Waals surface area contributed by atoms with E-state index >= 15 is 0 Å². The molecule has 150 valence electrons. The average Bonchev–Trinajstić information content (AvgIpc) is 2.87. The van der Waals surface area contributed by atoms with Crippen LogP contribution in [0.2, 0.25) is 30.1 Å². The molecule has 0 atom stereocenters. The van der Waals surface area contributed by atoms with E-state index in [0.717, 1.165) is 6.08 Å². The summed E-state index contributed by atoms with van der Waals surface area (Å²) in [5, 5.41) is 17.7. The van der Waals surface area contributed by atoms with E-state index in [1.807, 2.05) is 0 Å². The molecule has 5 nitrogen and oxygen atoms in total. The Labute approximate surface area is 198 Å². The van der Waals surface area contributed by atoms with Gasteiger partial charge in [0.2, 0.25) is 0 Å². The zero-order valence-corrected chi connectivity index (χ0v) is 19.1. The molecule has 0 bridgehead atoms. The third kappa shape index (κ3) is 3.77. The molecule has 0 spiro atoms. The van der Waals surface area contributed by atoms with E-state index in [2.05, 4.69) is 0 Å². The van der Waals surface area contributed by atoms with Crippen LogP contribution >= 0.6 is 81.4 Å². The number of nitrogens with one attached hydrogen (secondary N) is 1. The molecule has 2 N–H and O–H groups in total. The minimum atomic E-state index is -1.34. The third-order valence-corrected chi connectivity index (χ3v) is 7.37. The number of nitrogens with zero attached hydrogens (tertiary/aromatic N) is 1. The number of quaternary nitrogens is 1. The van der Waals surface area contributed by atoms with Crippen molar-refractivity contribution >= 4 is 110 Å². The summed E-state index contributed by atoms with van der Waals surface area (Å²) >= 11 is 37.3. The number of hydrogen-bond donors (Lipinski definition) is 2. The molecule has 1 aliphatic heterocycles. The number of hydrogen-bond acceptors (Lipinski definition) is 4. The molecule has 0 unspecified atom stereocenters. The van der Waals surface area contributed by atoms with Crippen molar-refractivity contribution in [1.29, 1.82) is 5.41 Å². The Bertz CT molecular complexity index is 1030. The van der Waals surface area contributed by atoms with Crippen LogP contribution in [0, 0.1) is 5.41 Å². The highest BCUT2D eigenvalue weighted by atomic mass is 35.5. The largest absolute Gasteiger partial charge is 0.478 e. The Morgan fingerprint density at radius 2 is 1.28 bits per heavy atom. The molecule has 1 heterocycles. The molecule has 1 amide bonds. The smallest absolute Gasteiger partial charge is 0.370 e. The minimum Gasteiger partial charge on any atom is -0.478 e. The fourth-order valence-corrected chi connectivity index (χ4v) is 4.96. The number of carbonyl (C=O) groups is 2. The summed E-state index contributed by atoms with van der Waals surface area (Å²) < 4.78 is -0.878. The lowest BCUT2D eigenvalue weighted by molar-refractivity contribution is -0.131. The molecule has 3 rings (SSSR count). The van der Waals surface area contributed by atoms with Gasteiger partial charge in [-0.05, 0) is 0 Å². The fraction of sp³-hybridized carbons (Fsp3) is 0. The molecule has 12 heteroatoms. The number of benzene rings is 2. The zero-order valence-electron chi connectivity index (χ0n) is 13.8. The van der Waals surface area contributed by atoms with Gasteiger partial charge in [-0.1, -0.05) is 69.6 Å². The van der Waals surface area contributed by atoms with Crippen LogP contribution in [0.4, 0.5) is 11.4 Å². The summed E-state index contributed by atoms with van der Waals surface area (Å²) in [5.41, 5.74) is 0.297. The molecule has 2 aromatic rings. The van der Waals surface area contributed by atoms with Crippen molar-refractivity contribution in [3.8, 4) is 0 Å². The number of amides is 1. The Hall–Kier alpha value is -0.960. The summed E-state index contributed by atoms with van der Waals surface area (Å²) in [5.74, 6) is -2.07. The Kier molecular flexibility index (Phi) is 6.49. The number of carboxylic acid groups (broad SMARTS) is 1. The average molecular weight is 532 g/mol. The monoisotopic (exact) mass is 529 g/mol. The molecular weight excluding hydrogens is 525 g/mol. The Morgan fingerprint density at radius 3 is 1.62 bits per heavy atom. The third-order valence-electron chi connectivity index (χ3n) is 3.99. The van der Waals surface area contributed by atoms with Crippen LogP contribution < -0.4 is 4.48 Å². The highest BCUT2D eigenvalue weighted by Gasteiger charge is 2.56. The molecule has 0 radical (unpaired) electrons. The quantitative estimate of drug-likeness (QED) is 0.245. The van der Waals surface area contributed by atoms with Crippen molar-refractivity contribution in [1.82, 2.24) is 4.48 Å². The first-order chi connectivity index (χ1) is 13.5. The topological polar surface area (TPSA) is 78.2 Å². The first kappa shape index (κ1) is 22.7. The van der Waals surface area contributed by atoms with Crippen LogP contribution in [0.25, 0.3) is 0 Å². The van der Waals surface area contributed by atoms with Crippen LogP contribution in [-0.4, -0.2) is 22.2 Å². The molecule has 0 aliphatic carbocycles. The van der Waals surface area contributed by atoms with Crippen molar-refractivity contribution in [2.24, 2.45) is 0 Å². The van der Waals surface area contributed by atoms with Crippen molar-refractivity contribution in [3.63, 3.8) is 0 Å². The van der Waals surface area contributed by atoms with Gasteiger partial charge < -0.3 is 5.11 Å². The number of halogens is 6. The SMILES string of the molecule is N=C1SC(=CC(=O)O)C(=O)[N+]1(c1cc(Cl)c(Cl)c(Cl)c1)c1cc(Cl)c(Cl)c(Cl)c1.